The molecule has 8 nitrogen and oxygen atoms in total. The average molecular weight is 395 g/mol. The summed E-state index contributed by atoms with van der Waals surface area (Å²) in [7, 11) is 0. The third-order valence-corrected chi connectivity index (χ3v) is 5.31. The predicted octanol–water partition coefficient (Wildman–Crippen LogP) is 0.632. The van der Waals surface area contributed by atoms with Crippen LogP contribution in [0.2, 0.25) is 0 Å². The highest BCUT2D eigenvalue weighted by atomic mass is 16.9. The Morgan fingerprint density at radius 3 is 2.29 bits per heavy atom. The molecule has 0 saturated carbocycles. The van der Waals surface area contributed by atoms with E-state index in [1.165, 1.54) is 0 Å². The Labute approximate surface area is 164 Å². The van der Waals surface area contributed by atoms with Crippen molar-refractivity contribution in [2.75, 3.05) is 32.8 Å². The fourth-order valence-electron chi connectivity index (χ4n) is 4.12. The highest BCUT2D eigenvalue weighted by Gasteiger charge is 2.60. The molecule has 156 valence electrons. The summed E-state index contributed by atoms with van der Waals surface area (Å²) in [6, 6.07) is 9.76. The van der Waals surface area contributed by atoms with Crippen LogP contribution in [0, 0.1) is 0 Å². The van der Waals surface area contributed by atoms with Crippen LogP contribution in [0.5, 0.6) is 0 Å². The van der Waals surface area contributed by atoms with E-state index in [1.54, 1.807) is 0 Å². The first-order valence-electron chi connectivity index (χ1n) is 9.82. The Kier molecular flexibility index (Phi) is 6.01. The van der Waals surface area contributed by atoms with E-state index in [-0.39, 0.29) is 37.6 Å². The Hall–Kier alpha value is -1.10. The standard InChI is InChI=1S/C20H29NO7/c1-20(2)27-17-16-15(25-19(17)28-20)14(12-21(8-10-22)9-11-23)24-18(26-16)13-6-4-3-5-7-13/h3-7,14-19,22-23H,8-12H2,1-2H3. The lowest BCUT2D eigenvalue weighted by Crippen LogP contribution is -2.53. The van der Waals surface area contributed by atoms with Crippen molar-refractivity contribution in [1.82, 2.24) is 4.90 Å². The van der Waals surface area contributed by atoms with Gasteiger partial charge in [0.2, 0.25) is 0 Å². The lowest BCUT2D eigenvalue weighted by molar-refractivity contribution is -0.311. The third kappa shape index (κ3) is 4.10. The molecule has 6 unspecified atom stereocenters. The molecule has 1 aromatic carbocycles. The van der Waals surface area contributed by atoms with Crippen LogP contribution in [-0.4, -0.2) is 84.5 Å². The topological polar surface area (TPSA) is 89.9 Å². The van der Waals surface area contributed by atoms with E-state index in [9.17, 15) is 10.2 Å². The van der Waals surface area contributed by atoms with Gasteiger partial charge in [-0.1, -0.05) is 30.3 Å². The van der Waals surface area contributed by atoms with Crippen molar-refractivity contribution < 1.29 is 33.9 Å². The van der Waals surface area contributed by atoms with E-state index in [4.69, 9.17) is 23.7 Å². The maximum absolute atomic E-state index is 9.34. The molecule has 3 aliphatic rings. The molecular formula is C20H29NO7. The Morgan fingerprint density at radius 1 is 0.893 bits per heavy atom. The van der Waals surface area contributed by atoms with E-state index in [1.807, 2.05) is 49.1 Å². The molecule has 4 rings (SSSR count). The van der Waals surface area contributed by atoms with Gasteiger partial charge in [0, 0.05) is 25.2 Å². The normalized spacial score (nSPS) is 36.5. The van der Waals surface area contributed by atoms with E-state index < -0.39 is 18.4 Å². The number of fused-ring (bicyclic) bond motifs is 3. The van der Waals surface area contributed by atoms with Crippen LogP contribution in [0.15, 0.2) is 30.3 Å². The van der Waals surface area contributed by atoms with Gasteiger partial charge in [-0.3, -0.25) is 4.90 Å². The molecule has 3 aliphatic heterocycles. The van der Waals surface area contributed by atoms with Crippen molar-refractivity contribution in [2.45, 2.75) is 56.6 Å². The third-order valence-electron chi connectivity index (χ3n) is 5.31. The van der Waals surface area contributed by atoms with Gasteiger partial charge in [0.15, 0.2) is 18.4 Å². The molecule has 28 heavy (non-hydrogen) atoms. The molecule has 3 heterocycles. The summed E-state index contributed by atoms with van der Waals surface area (Å²) in [6.45, 7) is 5.12. The van der Waals surface area contributed by atoms with Gasteiger partial charge >= 0.3 is 0 Å². The molecule has 1 aromatic rings. The summed E-state index contributed by atoms with van der Waals surface area (Å²) in [5.41, 5.74) is 0.920. The van der Waals surface area contributed by atoms with Gasteiger partial charge in [0.1, 0.15) is 24.4 Å². The van der Waals surface area contributed by atoms with E-state index in [0.29, 0.717) is 19.6 Å². The molecule has 6 atom stereocenters. The molecule has 0 radical (unpaired) electrons. The van der Waals surface area contributed by atoms with Gasteiger partial charge in [0.05, 0.1) is 13.2 Å². The van der Waals surface area contributed by atoms with Gasteiger partial charge in [-0.2, -0.15) is 0 Å². The van der Waals surface area contributed by atoms with Crippen molar-refractivity contribution in [1.29, 1.82) is 0 Å². The maximum atomic E-state index is 9.34. The smallest absolute Gasteiger partial charge is 0.190 e. The van der Waals surface area contributed by atoms with Crippen LogP contribution in [0.1, 0.15) is 25.7 Å². The van der Waals surface area contributed by atoms with Gasteiger partial charge in [0.25, 0.3) is 0 Å². The second kappa shape index (κ2) is 8.33. The van der Waals surface area contributed by atoms with Crippen LogP contribution >= 0.6 is 0 Å². The number of aliphatic hydroxyl groups is 2. The van der Waals surface area contributed by atoms with E-state index >= 15 is 0 Å². The zero-order chi connectivity index (χ0) is 19.7. The SMILES string of the molecule is CC1(C)OC2OC3C(CN(CCO)CCO)OC(c4ccccc4)OC3C2O1. The summed E-state index contributed by atoms with van der Waals surface area (Å²) < 4.78 is 30.6. The summed E-state index contributed by atoms with van der Waals surface area (Å²) in [5, 5.41) is 18.7. The average Bonchev–Trinajstić information content (AvgIpc) is 3.15. The minimum Gasteiger partial charge on any atom is -0.395 e. The molecule has 0 spiro atoms. The van der Waals surface area contributed by atoms with Gasteiger partial charge < -0.3 is 33.9 Å². The first-order valence-corrected chi connectivity index (χ1v) is 9.82. The number of ether oxygens (including phenoxy) is 5. The van der Waals surface area contributed by atoms with Crippen LogP contribution in [-0.2, 0) is 23.7 Å². The Balaban J connectivity index is 1.56. The fourth-order valence-corrected chi connectivity index (χ4v) is 4.12. The highest BCUT2D eigenvalue weighted by Crippen LogP contribution is 2.45. The number of rotatable bonds is 7. The maximum Gasteiger partial charge on any atom is 0.190 e. The summed E-state index contributed by atoms with van der Waals surface area (Å²) in [5.74, 6) is -0.723. The molecule has 3 fully saturated rings. The van der Waals surface area contributed by atoms with Gasteiger partial charge in [-0.15, -0.1) is 0 Å². The monoisotopic (exact) mass is 395 g/mol. The van der Waals surface area contributed by atoms with Crippen molar-refractivity contribution in [3.05, 3.63) is 35.9 Å². The molecule has 8 heteroatoms. The molecule has 0 amide bonds. The molecular weight excluding hydrogens is 366 g/mol. The number of hydrogen-bond acceptors (Lipinski definition) is 8. The number of hydrogen-bond donors (Lipinski definition) is 2. The van der Waals surface area contributed by atoms with E-state index in [0.717, 1.165) is 5.56 Å². The zero-order valence-corrected chi connectivity index (χ0v) is 16.3. The molecule has 2 N–H and O–H groups in total. The van der Waals surface area contributed by atoms with Crippen LogP contribution < -0.4 is 0 Å². The van der Waals surface area contributed by atoms with Crippen LogP contribution in [0.4, 0.5) is 0 Å². The van der Waals surface area contributed by atoms with E-state index in [2.05, 4.69) is 0 Å². The molecule has 0 aliphatic carbocycles. The fraction of sp³-hybridized carbons (Fsp3) is 0.700. The number of nitrogens with zero attached hydrogens (tertiary/aromatic N) is 1. The summed E-state index contributed by atoms with van der Waals surface area (Å²) in [4.78, 5) is 1.96. The minimum absolute atomic E-state index is 0.00590. The van der Waals surface area contributed by atoms with Crippen molar-refractivity contribution in [2.24, 2.45) is 0 Å². The van der Waals surface area contributed by atoms with Crippen molar-refractivity contribution >= 4 is 0 Å². The quantitative estimate of drug-likeness (QED) is 0.695. The first kappa shape index (κ1) is 20.2. The predicted molar refractivity (Wildman–Crippen MR) is 98.2 cm³/mol. The lowest BCUT2D eigenvalue weighted by atomic mass is 10.0. The zero-order valence-electron chi connectivity index (χ0n) is 16.3. The van der Waals surface area contributed by atoms with Crippen molar-refractivity contribution in [3.8, 4) is 0 Å². The lowest BCUT2D eigenvalue weighted by Gasteiger charge is -2.41. The molecule has 3 saturated heterocycles. The van der Waals surface area contributed by atoms with Gasteiger partial charge in [-0.25, -0.2) is 0 Å². The Bertz CT molecular complexity index is 637. The molecule has 0 bridgehead atoms. The highest BCUT2D eigenvalue weighted by molar-refractivity contribution is 5.17. The molecule has 0 aromatic heterocycles. The minimum atomic E-state index is -0.723. The summed E-state index contributed by atoms with van der Waals surface area (Å²) >= 11 is 0. The first-order chi connectivity index (χ1) is 13.5. The summed E-state index contributed by atoms with van der Waals surface area (Å²) in [6.07, 6.45) is -2.39. The second-order valence-corrected chi connectivity index (χ2v) is 7.83. The second-order valence-electron chi connectivity index (χ2n) is 7.83. The van der Waals surface area contributed by atoms with Gasteiger partial charge in [-0.05, 0) is 13.8 Å². The number of aliphatic hydroxyl groups excluding tert-OH is 2. The van der Waals surface area contributed by atoms with Crippen molar-refractivity contribution in [3.63, 3.8) is 0 Å². The van der Waals surface area contributed by atoms with Crippen LogP contribution in [0.3, 0.4) is 0 Å². The Morgan fingerprint density at radius 2 is 1.61 bits per heavy atom. The number of benzene rings is 1. The van der Waals surface area contributed by atoms with Crippen LogP contribution in [0.25, 0.3) is 0 Å². The largest absolute Gasteiger partial charge is 0.395 e.